The zero-order valence-corrected chi connectivity index (χ0v) is 11.5. The number of anilines is 1. The summed E-state index contributed by atoms with van der Waals surface area (Å²) in [6.07, 6.45) is 0. The summed E-state index contributed by atoms with van der Waals surface area (Å²) >= 11 is 1.69. The molecule has 0 saturated carbocycles. The monoisotopic (exact) mass is 272 g/mol. The fourth-order valence-electron chi connectivity index (χ4n) is 1.78. The number of amides is 1. The second-order valence-electron chi connectivity index (χ2n) is 4.33. The van der Waals surface area contributed by atoms with E-state index < -0.39 is 5.91 Å². The van der Waals surface area contributed by atoms with Crippen molar-refractivity contribution < 1.29 is 4.79 Å². The fraction of sp³-hybridized carbons (Fsp3) is 0.133. The first kappa shape index (κ1) is 13.5. The summed E-state index contributed by atoms with van der Waals surface area (Å²) < 4.78 is 0. The Labute approximate surface area is 117 Å². The number of thioether (sulfide) groups is 1. The molecule has 0 bridgehead atoms. The predicted octanol–water partition coefficient (Wildman–Crippen LogP) is 2.97. The lowest BCUT2D eigenvalue weighted by Crippen LogP contribution is -2.11. The first-order chi connectivity index (χ1) is 9.08. The zero-order valence-electron chi connectivity index (χ0n) is 10.7. The Morgan fingerprint density at radius 2 is 1.95 bits per heavy atom. The van der Waals surface area contributed by atoms with E-state index >= 15 is 0 Å². The third-order valence-corrected chi connectivity index (χ3v) is 4.07. The average molecular weight is 272 g/mol. The zero-order chi connectivity index (χ0) is 13.8. The van der Waals surface area contributed by atoms with Crippen LogP contribution in [0.2, 0.25) is 0 Å². The molecule has 0 radical (unpaired) electrons. The van der Waals surface area contributed by atoms with E-state index in [1.165, 1.54) is 5.56 Å². The molecule has 0 atom stereocenters. The molecule has 2 aromatic carbocycles. The highest BCUT2D eigenvalue weighted by atomic mass is 32.2. The minimum absolute atomic E-state index is 0.394. The number of carbonyl (C=O) groups excluding carboxylic acids is 1. The van der Waals surface area contributed by atoms with Crippen LogP contribution >= 0.6 is 11.8 Å². The van der Waals surface area contributed by atoms with Gasteiger partial charge in [0.15, 0.2) is 0 Å². The predicted molar refractivity (Wildman–Crippen MR) is 80.1 cm³/mol. The van der Waals surface area contributed by atoms with E-state index in [4.69, 9.17) is 11.5 Å². The normalized spacial score (nSPS) is 10.4. The molecule has 0 fully saturated rings. The maximum atomic E-state index is 11.1. The molecule has 3 nitrogen and oxygen atoms in total. The molecule has 0 spiro atoms. The molecule has 4 heteroatoms. The van der Waals surface area contributed by atoms with Crippen LogP contribution in [0.15, 0.2) is 47.4 Å². The highest BCUT2D eigenvalue weighted by molar-refractivity contribution is 7.98. The summed E-state index contributed by atoms with van der Waals surface area (Å²) in [5, 5.41) is 0. The number of hydrogen-bond acceptors (Lipinski definition) is 3. The van der Waals surface area contributed by atoms with Crippen LogP contribution in [0.1, 0.15) is 21.5 Å². The SMILES string of the molecule is Cc1cc(C(N)=O)ccc1CSc1ccccc1N. The number of para-hydroxylation sites is 1. The van der Waals surface area contributed by atoms with Gasteiger partial charge in [-0.05, 0) is 42.3 Å². The van der Waals surface area contributed by atoms with Gasteiger partial charge in [0.25, 0.3) is 0 Å². The summed E-state index contributed by atoms with van der Waals surface area (Å²) in [6.45, 7) is 1.98. The van der Waals surface area contributed by atoms with Gasteiger partial charge in [0.05, 0.1) is 0 Å². The lowest BCUT2D eigenvalue weighted by atomic mass is 10.1. The van der Waals surface area contributed by atoms with Crippen molar-refractivity contribution in [3.05, 3.63) is 59.2 Å². The highest BCUT2D eigenvalue weighted by Crippen LogP contribution is 2.28. The maximum absolute atomic E-state index is 11.1. The lowest BCUT2D eigenvalue weighted by Gasteiger charge is -2.08. The molecule has 0 unspecified atom stereocenters. The second kappa shape index (κ2) is 5.80. The summed E-state index contributed by atoms with van der Waals surface area (Å²) in [7, 11) is 0. The standard InChI is InChI=1S/C15H16N2OS/c1-10-8-11(15(17)18)6-7-12(10)9-19-14-5-3-2-4-13(14)16/h2-8H,9,16H2,1H3,(H2,17,18). The Hall–Kier alpha value is -1.94. The Morgan fingerprint density at radius 1 is 1.21 bits per heavy atom. The van der Waals surface area contributed by atoms with E-state index in [0.29, 0.717) is 5.56 Å². The largest absolute Gasteiger partial charge is 0.398 e. The van der Waals surface area contributed by atoms with Crippen LogP contribution in [-0.2, 0) is 5.75 Å². The van der Waals surface area contributed by atoms with Crippen LogP contribution in [0, 0.1) is 6.92 Å². The Balaban J connectivity index is 2.12. The minimum atomic E-state index is -0.394. The van der Waals surface area contributed by atoms with Crippen molar-refractivity contribution in [2.45, 2.75) is 17.6 Å². The Bertz CT molecular complexity index is 611. The van der Waals surface area contributed by atoms with Gasteiger partial charge in [0, 0.05) is 21.9 Å². The molecular formula is C15H16N2OS. The fourth-order valence-corrected chi connectivity index (χ4v) is 2.82. The minimum Gasteiger partial charge on any atom is -0.398 e. The molecule has 0 aliphatic rings. The highest BCUT2D eigenvalue weighted by Gasteiger charge is 2.05. The lowest BCUT2D eigenvalue weighted by molar-refractivity contribution is 0.1000. The number of primary amides is 1. The molecule has 4 N–H and O–H groups in total. The van der Waals surface area contributed by atoms with Crippen LogP contribution in [0.25, 0.3) is 0 Å². The molecular weight excluding hydrogens is 256 g/mol. The third-order valence-electron chi connectivity index (χ3n) is 2.93. The van der Waals surface area contributed by atoms with Gasteiger partial charge in [-0.25, -0.2) is 0 Å². The van der Waals surface area contributed by atoms with Crippen LogP contribution in [-0.4, -0.2) is 5.91 Å². The molecule has 0 aliphatic carbocycles. The number of carbonyl (C=O) groups is 1. The summed E-state index contributed by atoms with van der Waals surface area (Å²) in [6, 6.07) is 13.3. The smallest absolute Gasteiger partial charge is 0.248 e. The number of hydrogen-bond donors (Lipinski definition) is 2. The molecule has 2 rings (SSSR count). The molecule has 1 amide bonds. The molecule has 0 heterocycles. The summed E-state index contributed by atoms with van der Waals surface area (Å²) in [5.41, 5.74) is 14.7. The molecule has 19 heavy (non-hydrogen) atoms. The number of rotatable bonds is 4. The molecule has 0 aliphatic heterocycles. The van der Waals surface area contributed by atoms with E-state index in [2.05, 4.69) is 0 Å². The van der Waals surface area contributed by atoms with Gasteiger partial charge < -0.3 is 11.5 Å². The van der Waals surface area contributed by atoms with Crippen molar-refractivity contribution in [1.82, 2.24) is 0 Å². The maximum Gasteiger partial charge on any atom is 0.248 e. The molecule has 0 aromatic heterocycles. The first-order valence-electron chi connectivity index (χ1n) is 5.94. The van der Waals surface area contributed by atoms with Gasteiger partial charge in [-0.1, -0.05) is 18.2 Å². The van der Waals surface area contributed by atoms with Gasteiger partial charge in [0.2, 0.25) is 5.91 Å². The quantitative estimate of drug-likeness (QED) is 0.664. The van der Waals surface area contributed by atoms with Gasteiger partial charge in [-0.15, -0.1) is 11.8 Å². The van der Waals surface area contributed by atoms with Crippen LogP contribution in [0.3, 0.4) is 0 Å². The van der Waals surface area contributed by atoms with Crippen LogP contribution in [0.4, 0.5) is 5.69 Å². The first-order valence-corrected chi connectivity index (χ1v) is 6.93. The topological polar surface area (TPSA) is 69.1 Å². The third kappa shape index (κ3) is 3.29. The van der Waals surface area contributed by atoms with E-state index in [0.717, 1.165) is 21.9 Å². The van der Waals surface area contributed by atoms with E-state index in [1.807, 2.05) is 43.3 Å². The van der Waals surface area contributed by atoms with Gasteiger partial charge in [-0.3, -0.25) is 4.79 Å². The van der Waals surface area contributed by atoms with Crippen molar-refractivity contribution >= 4 is 23.4 Å². The Kier molecular flexibility index (Phi) is 4.12. The number of nitrogen functional groups attached to an aromatic ring is 1. The Morgan fingerprint density at radius 3 is 2.58 bits per heavy atom. The number of nitrogens with two attached hydrogens (primary N) is 2. The van der Waals surface area contributed by atoms with E-state index in [9.17, 15) is 4.79 Å². The van der Waals surface area contributed by atoms with Crippen molar-refractivity contribution in [3.8, 4) is 0 Å². The van der Waals surface area contributed by atoms with Gasteiger partial charge >= 0.3 is 0 Å². The second-order valence-corrected chi connectivity index (χ2v) is 5.35. The molecule has 0 saturated heterocycles. The summed E-state index contributed by atoms with van der Waals surface area (Å²) in [4.78, 5) is 12.2. The van der Waals surface area contributed by atoms with Gasteiger partial charge in [0.1, 0.15) is 0 Å². The van der Waals surface area contributed by atoms with Crippen molar-refractivity contribution in [3.63, 3.8) is 0 Å². The van der Waals surface area contributed by atoms with Crippen molar-refractivity contribution in [1.29, 1.82) is 0 Å². The average Bonchev–Trinajstić information content (AvgIpc) is 2.39. The number of aryl methyl sites for hydroxylation is 1. The van der Waals surface area contributed by atoms with E-state index in [1.54, 1.807) is 17.8 Å². The van der Waals surface area contributed by atoms with Gasteiger partial charge in [-0.2, -0.15) is 0 Å². The van der Waals surface area contributed by atoms with Crippen LogP contribution < -0.4 is 11.5 Å². The summed E-state index contributed by atoms with van der Waals surface area (Å²) in [5.74, 6) is 0.425. The van der Waals surface area contributed by atoms with Crippen molar-refractivity contribution in [2.75, 3.05) is 5.73 Å². The van der Waals surface area contributed by atoms with Crippen LogP contribution in [0.5, 0.6) is 0 Å². The van der Waals surface area contributed by atoms with Crippen molar-refractivity contribution in [2.24, 2.45) is 5.73 Å². The van der Waals surface area contributed by atoms with E-state index in [-0.39, 0.29) is 0 Å². The molecule has 2 aromatic rings. The molecule has 98 valence electrons. The number of benzene rings is 2.